The number of fused-ring (bicyclic) bond motifs is 3. The molecular formula is C34H33N2O+. The maximum absolute atomic E-state index is 9.38. The summed E-state index contributed by atoms with van der Waals surface area (Å²) in [5.41, 5.74) is 9.43. The number of aryl methyl sites for hydroxylation is 1. The van der Waals surface area contributed by atoms with Crippen molar-refractivity contribution in [3.8, 4) is 22.4 Å². The van der Waals surface area contributed by atoms with Gasteiger partial charge in [-0.2, -0.15) is 4.57 Å². The standard InChI is InChI=1S/C34H33N2O/c1-21-16-17-26-27-18-19-28(35-4)32(25-14-10-7-11-15-25)34(27)37-33(26)31(21)29-20-22(2)30(23(3)36(29)5)24-12-8-6-9-13-24/h7,10-11,14-20,24H,6,8-9,12-13H2,1-3,5H3/q+1/i20D,24D. The molecule has 0 N–H and O–H groups in total. The Labute approximate surface area is 222 Å². The van der Waals surface area contributed by atoms with Gasteiger partial charge in [0.1, 0.15) is 18.2 Å². The van der Waals surface area contributed by atoms with E-state index in [2.05, 4.69) is 35.4 Å². The lowest BCUT2D eigenvalue weighted by Crippen LogP contribution is -2.37. The Hall–Kier alpha value is -3.90. The zero-order valence-electron chi connectivity index (χ0n) is 24.0. The number of hydrogen-bond acceptors (Lipinski definition) is 1. The summed E-state index contributed by atoms with van der Waals surface area (Å²) in [5, 5.41) is 1.94. The first-order valence-corrected chi connectivity index (χ1v) is 13.2. The molecule has 0 bridgehead atoms. The van der Waals surface area contributed by atoms with Crippen LogP contribution in [0.3, 0.4) is 0 Å². The molecule has 1 aliphatic carbocycles. The van der Waals surface area contributed by atoms with Gasteiger partial charge in [-0.3, -0.25) is 0 Å². The Morgan fingerprint density at radius 2 is 1.57 bits per heavy atom. The van der Waals surface area contributed by atoms with Gasteiger partial charge >= 0.3 is 0 Å². The smallest absolute Gasteiger partial charge is 0.216 e. The second kappa shape index (κ2) is 9.20. The van der Waals surface area contributed by atoms with Gasteiger partial charge in [-0.15, -0.1) is 0 Å². The quantitative estimate of drug-likeness (QED) is 0.183. The van der Waals surface area contributed by atoms with Gasteiger partial charge < -0.3 is 4.42 Å². The van der Waals surface area contributed by atoms with Gasteiger partial charge in [0, 0.05) is 36.2 Å². The van der Waals surface area contributed by atoms with Crippen LogP contribution >= 0.6 is 0 Å². The van der Waals surface area contributed by atoms with Crippen LogP contribution < -0.4 is 4.57 Å². The summed E-state index contributed by atoms with van der Waals surface area (Å²) in [5.74, 6) is -0.639. The number of hydrogen-bond donors (Lipinski definition) is 0. The second-order valence-electron chi connectivity index (χ2n) is 10.3. The topological polar surface area (TPSA) is 21.4 Å². The average Bonchev–Trinajstić information content (AvgIpc) is 3.32. The number of furan rings is 1. The Kier molecular flexibility index (Phi) is 5.27. The highest BCUT2D eigenvalue weighted by atomic mass is 16.3. The molecule has 0 aliphatic heterocycles. The molecule has 0 atom stereocenters. The fourth-order valence-corrected chi connectivity index (χ4v) is 6.17. The molecule has 0 unspecified atom stereocenters. The van der Waals surface area contributed by atoms with E-state index in [9.17, 15) is 2.74 Å². The fourth-order valence-electron chi connectivity index (χ4n) is 6.17. The second-order valence-corrected chi connectivity index (χ2v) is 10.3. The summed E-state index contributed by atoms with van der Waals surface area (Å²) in [4.78, 5) is 3.82. The lowest BCUT2D eigenvalue weighted by molar-refractivity contribution is -0.667. The van der Waals surface area contributed by atoms with Crippen molar-refractivity contribution in [3.63, 3.8) is 0 Å². The van der Waals surface area contributed by atoms with Gasteiger partial charge in [-0.25, -0.2) is 4.85 Å². The van der Waals surface area contributed by atoms with E-state index in [0.717, 1.165) is 86.8 Å². The molecule has 2 aromatic heterocycles. The Balaban J connectivity index is 1.67. The lowest BCUT2D eigenvalue weighted by Gasteiger charge is -2.24. The fraction of sp³-hybridized carbons (Fsp3) is 0.294. The van der Waals surface area contributed by atoms with E-state index in [4.69, 9.17) is 11.0 Å². The van der Waals surface area contributed by atoms with Gasteiger partial charge in [-0.1, -0.05) is 73.9 Å². The van der Waals surface area contributed by atoms with E-state index in [0.29, 0.717) is 17.3 Å². The first kappa shape index (κ1) is 21.2. The predicted octanol–water partition coefficient (Wildman–Crippen LogP) is 9.27. The van der Waals surface area contributed by atoms with Crippen LogP contribution in [0.25, 0.3) is 49.2 Å². The van der Waals surface area contributed by atoms with E-state index in [1.54, 1.807) is 0 Å². The van der Waals surface area contributed by atoms with Crippen LogP contribution in [0, 0.1) is 27.3 Å². The monoisotopic (exact) mass is 487 g/mol. The van der Waals surface area contributed by atoms with E-state index in [-0.39, 0.29) is 0 Å². The number of aromatic nitrogens is 1. The molecule has 184 valence electrons. The number of benzene rings is 3. The molecule has 3 heteroatoms. The lowest BCUT2D eigenvalue weighted by atomic mass is 9.81. The third kappa shape index (κ3) is 3.75. The third-order valence-electron chi connectivity index (χ3n) is 8.11. The van der Waals surface area contributed by atoms with Crippen LogP contribution in [0.4, 0.5) is 5.69 Å². The highest BCUT2D eigenvalue weighted by molar-refractivity contribution is 6.15. The minimum absolute atomic E-state index is 0.455. The normalized spacial score (nSPS) is 16.0. The van der Waals surface area contributed by atoms with Gasteiger partial charge in [0.2, 0.25) is 5.69 Å². The molecule has 3 nitrogen and oxygen atoms in total. The summed E-state index contributed by atoms with van der Waals surface area (Å²) >= 11 is 0. The molecule has 0 radical (unpaired) electrons. The molecule has 5 aromatic rings. The van der Waals surface area contributed by atoms with Gasteiger partial charge in [0.05, 0.1) is 13.5 Å². The minimum Gasteiger partial charge on any atom is -0.456 e. The zero-order chi connectivity index (χ0) is 27.5. The van der Waals surface area contributed by atoms with E-state index in [1.807, 2.05) is 56.4 Å². The molecular weight excluding hydrogens is 452 g/mol. The Bertz CT molecular complexity index is 1780. The molecule has 37 heavy (non-hydrogen) atoms. The van der Waals surface area contributed by atoms with Gasteiger partial charge in [0.15, 0.2) is 11.4 Å². The number of rotatable bonds is 3. The summed E-state index contributed by atoms with van der Waals surface area (Å²) in [7, 11) is 2.02. The maximum Gasteiger partial charge on any atom is 0.216 e. The highest BCUT2D eigenvalue weighted by Crippen LogP contribution is 2.45. The molecule has 0 saturated heterocycles. The maximum atomic E-state index is 9.38. The Morgan fingerprint density at radius 3 is 2.27 bits per heavy atom. The van der Waals surface area contributed by atoms with Crippen molar-refractivity contribution < 1.29 is 11.7 Å². The van der Waals surface area contributed by atoms with Crippen LogP contribution in [0.15, 0.2) is 65.1 Å². The summed E-state index contributed by atoms with van der Waals surface area (Å²) < 4.78 is 27.6. The zero-order valence-corrected chi connectivity index (χ0v) is 22.0. The Morgan fingerprint density at radius 1 is 0.892 bits per heavy atom. The molecule has 1 fully saturated rings. The van der Waals surface area contributed by atoms with Crippen LogP contribution in [-0.4, -0.2) is 0 Å². The van der Waals surface area contributed by atoms with Crippen molar-refractivity contribution in [2.45, 2.75) is 58.8 Å². The SMILES string of the molecule is [2H]c1c(C)c(C2([2H])CCCCC2)c(C)[n+](C)c1-c1c(C)ccc2c1oc1c(-c3ccccc3)c([N+]#[C-])ccc12. The first-order chi connectivity index (χ1) is 18.8. The van der Waals surface area contributed by atoms with Crippen LogP contribution in [0.5, 0.6) is 0 Å². The van der Waals surface area contributed by atoms with E-state index < -0.39 is 5.89 Å². The predicted molar refractivity (Wildman–Crippen MR) is 152 cm³/mol. The highest BCUT2D eigenvalue weighted by Gasteiger charge is 2.29. The molecule has 0 spiro atoms. The molecule has 1 aliphatic rings. The van der Waals surface area contributed by atoms with Crippen LogP contribution in [-0.2, 0) is 7.05 Å². The molecule has 2 heterocycles. The van der Waals surface area contributed by atoms with Gasteiger partial charge in [0.25, 0.3) is 0 Å². The average molecular weight is 488 g/mol. The molecule has 1 saturated carbocycles. The van der Waals surface area contributed by atoms with Crippen molar-refractivity contribution in [1.82, 2.24) is 0 Å². The van der Waals surface area contributed by atoms with Crippen molar-refractivity contribution in [2.24, 2.45) is 7.05 Å². The molecule has 0 amide bonds. The van der Waals surface area contributed by atoms with Crippen LogP contribution in [0.2, 0.25) is 0 Å². The number of pyridine rings is 1. The van der Waals surface area contributed by atoms with Crippen molar-refractivity contribution >= 4 is 27.6 Å². The summed E-state index contributed by atoms with van der Waals surface area (Å²) in [6.07, 6.45) is 5.00. The molecule has 3 aromatic carbocycles. The largest absolute Gasteiger partial charge is 0.456 e. The van der Waals surface area contributed by atoms with Crippen LogP contribution in [0.1, 0.15) is 63.1 Å². The van der Waals surface area contributed by atoms with Gasteiger partial charge in [-0.05, 0) is 49.3 Å². The summed E-state index contributed by atoms with van der Waals surface area (Å²) in [6.45, 7) is 14.0. The van der Waals surface area contributed by atoms with E-state index in [1.165, 1.54) is 6.42 Å². The number of nitrogens with zero attached hydrogens (tertiary/aromatic N) is 2. The minimum atomic E-state index is -0.639. The molecule has 6 rings (SSSR count). The van der Waals surface area contributed by atoms with Crippen molar-refractivity contribution in [2.75, 3.05) is 0 Å². The third-order valence-corrected chi connectivity index (χ3v) is 8.11. The first-order valence-electron chi connectivity index (χ1n) is 14.2. The van der Waals surface area contributed by atoms with Crippen molar-refractivity contribution in [1.29, 1.82) is 0 Å². The summed E-state index contributed by atoms with van der Waals surface area (Å²) in [6, 6.07) is 18.5. The van der Waals surface area contributed by atoms with E-state index >= 15 is 0 Å². The van der Waals surface area contributed by atoms with Crippen molar-refractivity contribution in [3.05, 3.63) is 94.4 Å².